The quantitative estimate of drug-likeness (QED) is 0.589. The van der Waals surface area contributed by atoms with E-state index < -0.39 is 0 Å². The van der Waals surface area contributed by atoms with E-state index >= 15 is 0 Å². The maximum absolute atomic E-state index is 13.8. The van der Waals surface area contributed by atoms with E-state index in [1.807, 2.05) is 17.9 Å². The molecule has 1 heterocycles. The molecule has 0 radical (unpaired) electrons. The maximum Gasteiger partial charge on any atom is 0.142 e. The van der Waals surface area contributed by atoms with Crippen molar-refractivity contribution in [2.24, 2.45) is 5.73 Å². The van der Waals surface area contributed by atoms with Gasteiger partial charge in [0.25, 0.3) is 0 Å². The van der Waals surface area contributed by atoms with E-state index in [9.17, 15) is 4.39 Å². The molecular formula is C14H23FN2. The molecule has 96 valence electrons. The largest absolute Gasteiger partial charge is 0.370 e. The number of likely N-dealkylation sites (tertiary alicyclic amines) is 1. The Morgan fingerprint density at radius 1 is 1.29 bits per heavy atom. The average molecular weight is 238 g/mol. The average Bonchev–Trinajstić information content (AvgIpc) is 2.38. The first-order valence-electron chi connectivity index (χ1n) is 6.30. The van der Waals surface area contributed by atoms with Crippen molar-refractivity contribution in [3.8, 4) is 0 Å². The summed E-state index contributed by atoms with van der Waals surface area (Å²) in [6.07, 6.45) is 7.63. The van der Waals surface area contributed by atoms with Gasteiger partial charge in [-0.25, -0.2) is 4.39 Å². The van der Waals surface area contributed by atoms with Crippen LogP contribution in [0, 0.1) is 0 Å². The Bertz CT molecular complexity index is 312. The lowest BCUT2D eigenvalue weighted by molar-refractivity contribution is 0.281. The molecule has 0 bridgehead atoms. The summed E-state index contributed by atoms with van der Waals surface area (Å²) in [4.78, 5) is 2.04. The summed E-state index contributed by atoms with van der Waals surface area (Å²) in [6.45, 7) is 8.17. The SMILES string of the molecule is C=C(C(F)=CC/C=C(\C)CN)N1CCCCC1. The van der Waals surface area contributed by atoms with Crippen LogP contribution in [0.15, 0.2) is 35.8 Å². The minimum absolute atomic E-state index is 0.201. The smallest absolute Gasteiger partial charge is 0.142 e. The van der Waals surface area contributed by atoms with Gasteiger partial charge in [0.1, 0.15) is 5.83 Å². The third-order valence-electron chi connectivity index (χ3n) is 3.10. The fourth-order valence-electron chi connectivity index (χ4n) is 1.88. The van der Waals surface area contributed by atoms with Crippen LogP contribution < -0.4 is 5.73 Å². The number of hydrogen-bond acceptors (Lipinski definition) is 2. The lowest BCUT2D eigenvalue weighted by Gasteiger charge is -2.29. The van der Waals surface area contributed by atoms with Crippen LogP contribution in [0.25, 0.3) is 0 Å². The molecule has 2 N–H and O–H groups in total. The standard InChI is InChI=1S/C14H23FN2/c1-12(11-16)7-6-8-14(15)13(2)17-9-4-3-5-10-17/h7-8H,2-6,9-11,16H2,1H3/b12-7+,14-8?. The fourth-order valence-corrected chi connectivity index (χ4v) is 1.88. The maximum atomic E-state index is 13.8. The summed E-state index contributed by atoms with van der Waals surface area (Å²) in [7, 11) is 0. The van der Waals surface area contributed by atoms with Crippen LogP contribution in [0.4, 0.5) is 4.39 Å². The van der Waals surface area contributed by atoms with Gasteiger partial charge in [0.15, 0.2) is 0 Å². The van der Waals surface area contributed by atoms with Gasteiger partial charge < -0.3 is 10.6 Å². The van der Waals surface area contributed by atoms with Crippen molar-refractivity contribution >= 4 is 0 Å². The third kappa shape index (κ3) is 4.73. The van der Waals surface area contributed by atoms with Gasteiger partial charge in [-0.1, -0.05) is 18.2 Å². The summed E-state index contributed by atoms with van der Waals surface area (Å²) in [6, 6.07) is 0. The molecule has 0 aromatic heterocycles. The van der Waals surface area contributed by atoms with E-state index in [2.05, 4.69) is 6.58 Å². The van der Waals surface area contributed by atoms with E-state index in [4.69, 9.17) is 5.73 Å². The first-order chi connectivity index (χ1) is 8.15. The Morgan fingerprint density at radius 3 is 2.53 bits per heavy atom. The number of rotatable bonds is 5. The van der Waals surface area contributed by atoms with Gasteiger partial charge in [-0.05, 0) is 38.7 Å². The molecule has 1 aliphatic rings. The zero-order valence-corrected chi connectivity index (χ0v) is 10.7. The fraction of sp³-hybridized carbons (Fsp3) is 0.571. The van der Waals surface area contributed by atoms with Crippen LogP contribution in [-0.2, 0) is 0 Å². The summed E-state index contributed by atoms with van der Waals surface area (Å²) in [5.74, 6) is -0.201. The molecule has 3 heteroatoms. The zero-order chi connectivity index (χ0) is 12.7. The van der Waals surface area contributed by atoms with Crippen LogP contribution in [-0.4, -0.2) is 24.5 Å². The van der Waals surface area contributed by atoms with Gasteiger partial charge in [-0.2, -0.15) is 0 Å². The molecule has 1 fully saturated rings. The Balaban J connectivity index is 2.47. The topological polar surface area (TPSA) is 29.3 Å². The van der Waals surface area contributed by atoms with E-state index in [0.29, 0.717) is 18.7 Å². The minimum Gasteiger partial charge on any atom is -0.370 e. The molecule has 0 aliphatic carbocycles. The summed E-state index contributed by atoms with van der Waals surface area (Å²) in [5, 5.41) is 0. The summed E-state index contributed by atoms with van der Waals surface area (Å²) in [5.41, 5.74) is 7.07. The molecule has 0 saturated carbocycles. The van der Waals surface area contributed by atoms with Crippen LogP contribution >= 0.6 is 0 Å². The molecule has 1 saturated heterocycles. The van der Waals surface area contributed by atoms with E-state index in [0.717, 1.165) is 31.5 Å². The number of nitrogens with two attached hydrogens (primary N) is 1. The highest BCUT2D eigenvalue weighted by Crippen LogP contribution is 2.20. The molecule has 0 aromatic carbocycles. The van der Waals surface area contributed by atoms with Crippen molar-refractivity contribution in [2.75, 3.05) is 19.6 Å². The highest BCUT2D eigenvalue weighted by Gasteiger charge is 2.14. The van der Waals surface area contributed by atoms with Crippen molar-refractivity contribution < 1.29 is 4.39 Å². The third-order valence-corrected chi connectivity index (χ3v) is 3.10. The molecule has 0 aromatic rings. The molecular weight excluding hydrogens is 215 g/mol. The van der Waals surface area contributed by atoms with Gasteiger partial charge in [0, 0.05) is 19.6 Å². The molecule has 0 unspecified atom stereocenters. The Hall–Kier alpha value is -1.09. The lowest BCUT2D eigenvalue weighted by atomic mass is 10.1. The van der Waals surface area contributed by atoms with E-state index in [1.165, 1.54) is 6.42 Å². The van der Waals surface area contributed by atoms with Gasteiger partial charge >= 0.3 is 0 Å². The monoisotopic (exact) mass is 238 g/mol. The predicted molar refractivity (Wildman–Crippen MR) is 71.2 cm³/mol. The zero-order valence-electron chi connectivity index (χ0n) is 10.7. The molecule has 0 amide bonds. The van der Waals surface area contributed by atoms with Crippen molar-refractivity contribution in [2.45, 2.75) is 32.6 Å². The number of allylic oxidation sites excluding steroid dienone is 3. The van der Waals surface area contributed by atoms with E-state index in [1.54, 1.807) is 6.08 Å². The van der Waals surface area contributed by atoms with Crippen molar-refractivity contribution in [3.63, 3.8) is 0 Å². The number of halogens is 1. The first-order valence-corrected chi connectivity index (χ1v) is 6.30. The summed E-state index contributed by atoms with van der Waals surface area (Å²) >= 11 is 0. The lowest BCUT2D eigenvalue weighted by Crippen LogP contribution is -2.28. The minimum atomic E-state index is -0.201. The number of hydrogen-bond donors (Lipinski definition) is 1. The second-order valence-corrected chi connectivity index (χ2v) is 4.54. The highest BCUT2D eigenvalue weighted by atomic mass is 19.1. The second-order valence-electron chi connectivity index (χ2n) is 4.54. The normalized spacial score (nSPS) is 18.4. The van der Waals surface area contributed by atoms with Gasteiger partial charge in [-0.15, -0.1) is 0 Å². The van der Waals surface area contributed by atoms with Gasteiger partial charge in [0.05, 0.1) is 5.70 Å². The number of piperidine rings is 1. The number of nitrogens with zero attached hydrogens (tertiary/aromatic N) is 1. The van der Waals surface area contributed by atoms with Crippen molar-refractivity contribution in [3.05, 3.63) is 35.8 Å². The van der Waals surface area contributed by atoms with Crippen LogP contribution in [0.1, 0.15) is 32.6 Å². The molecule has 0 atom stereocenters. The summed E-state index contributed by atoms with van der Waals surface area (Å²) < 4.78 is 13.8. The predicted octanol–water partition coefficient (Wildman–Crippen LogP) is 3.13. The van der Waals surface area contributed by atoms with E-state index in [-0.39, 0.29) is 5.83 Å². The molecule has 1 rings (SSSR count). The molecule has 17 heavy (non-hydrogen) atoms. The van der Waals surface area contributed by atoms with Crippen LogP contribution in [0.2, 0.25) is 0 Å². The molecule has 1 aliphatic heterocycles. The van der Waals surface area contributed by atoms with Gasteiger partial charge in [0.2, 0.25) is 0 Å². The van der Waals surface area contributed by atoms with Crippen molar-refractivity contribution in [1.29, 1.82) is 0 Å². The first kappa shape index (κ1) is 14.0. The Kier molecular flexibility index (Phi) is 5.98. The van der Waals surface area contributed by atoms with Crippen LogP contribution in [0.3, 0.4) is 0 Å². The second kappa shape index (κ2) is 7.28. The molecule has 2 nitrogen and oxygen atoms in total. The Morgan fingerprint density at radius 2 is 1.94 bits per heavy atom. The Labute approximate surface area is 104 Å². The molecule has 0 spiro atoms. The van der Waals surface area contributed by atoms with Crippen molar-refractivity contribution in [1.82, 2.24) is 4.90 Å². The van der Waals surface area contributed by atoms with Gasteiger partial charge in [-0.3, -0.25) is 0 Å². The highest BCUT2D eigenvalue weighted by molar-refractivity contribution is 5.22. The van der Waals surface area contributed by atoms with Crippen LogP contribution in [0.5, 0.6) is 0 Å².